The number of nitrogens with zero attached hydrogens (tertiary/aromatic N) is 2. The van der Waals surface area contributed by atoms with E-state index in [4.69, 9.17) is 0 Å². The highest BCUT2D eigenvalue weighted by Crippen LogP contribution is 2.09. The van der Waals surface area contributed by atoms with E-state index >= 15 is 0 Å². The Morgan fingerprint density at radius 3 is 2.44 bits per heavy atom. The first-order valence-electron chi connectivity index (χ1n) is 4.90. The van der Waals surface area contributed by atoms with Gasteiger partial charge < -0.3 is 0 Å². The number of carbonyl (C=O) groups is 1. The summed E-state index contributed by atoms with van der Waals surface area (Å²) in [6.07, 6.45) is 2.36. The molecule has 1 aromatic heterocycles. The average molecular weight is 210 g/mol. The molecule has 3 heteroatoms. The summed E-state index contributed by atoms with van der Waals surface area (Å²) in [6.45, 7) is 0. The molecule has 0 aliphatic rings. The van der Waals surface area contributed by atoms with Crippen LogP contribution in [-0.4, -0.2) is 17.5 Å². The third-order valence-electron chi connectivity index (χ3n) is 2.02. The Hall–Kier alpha value is -2.29. The van der Waals surface area contributed by atoms with E-state index in [1.807, 2.05) is 30.3 Å². The highest BCUT2D eigenvalue weighted by atomic mass is 16.1. The fourth-order valence-corrected chi connectivity index (χ4v) is 1.26. The van der Waals surface area contributed by atoms with Crippen LogP contribution in [0.1, 0.15) is 16.2 Å². The van der Waals surface area contributed by atoms with Gasteiger partial charge in [-0.25, -0.2) is 4.98 Å². The maximum atomic E-state index is 10.5. The maximum Gasteiger partial charge on any atom is 0.168 e. The number of hydrogen-bond acceptors (Lipinski definition) is 3. The van der Waals surface area contributed by atoms with Crippen molar-refractivity contribution in [3.05, 3.63) is 59.9 Å². The van der Waals surface area contributed by atoms with Gasteiger partial charge in [0.05, 0.1) is 17.6 Å². The lowest BCUT2D eigenvalue weighted by molar-refractivity contribution is 0.111. The zero-order valence-electron chi connectivity index (χ0n) is 8.58. The SMILES string of the molecule is O=Cc1cccc(C=Nc2ccccc2)n1. The number of aliphatic imine (C=N–C) groups is 1. The predicted octanol–water partition coefficient (Wildman–Crippen LogP) is 2.64. The molecule has 0 radical (unpaired) electrons. The highest BCUT2D eigenvalue weighted by Gasteiger charge is 1.93. The molecule has 0 fully saturated rings. The highest BCUT2D eigenvalue weighted by molar-refractivity contribution is 5.81. The van der Waals surface area contributed by atoms with Crippen molar-refractivity contribution in [1.29, 1.82) is 0 Å². The van der Waals surface area contributed by atoms with Crippen LogP contribution >= 0.6 is 0 Å². The molecule has 3 nitrogen and oxygen atoms in total. The third-order valence-corrected chi connectivity index (χ3v) is 2.02. The van der Waals surface area contributed by atoms with E-state index in [1.54, 1.807) is 24.4 Å². The maximum absolute atomic E-state index is 10.5. The molecule has 0 spiro atoms. The van der Waals surface area contributed by atoms with E-state index in [9.17, 15) is 4.79 Å². The molecule has 0 bridgehead atoms. The van der Waals surface area contributed by atoms with Crippen LogP contribution in [-0.2, 0) is 0 Å². The monoisotopic (exact) mass is 210 g/mol. The quantitative estimate of drug-likeness (QED) is 0.577. The van der Waals surface area contributed by atoms with Crippen molar-refractivity contribution >= 4 is 18.2 Å². The van der Waals surface area contributed by atoms with Gasteiger partial charge in [-0.05, 0) is 24.3 Å². The lowest BCUT2D eigenvalue weighted by Gasteiger charge is -1.94. The molecular weight excluding hydrogens is 200 g/mol. The lowest BCUT2D eigenvalue weighted by atomic mass is 10.3. The van der Waals surface area contributed by atoms with E-state index in [1.165, 1.54) is 0 Å². The van der Waals surface area contributed by atoms with E-state index < -0.39 is 0 Å². The second kappa shape index (κ2) is 4.98. The van der Waals surface area contributed by atoms with Crippen LogP contribution < -0.4 is 0 Å². The van der Waals surface area contributed by atoms with Crippen LogP contribution in [0.2, 0.25) is 0 Å². The number of hydrogen-bond donors (Lipinski definition) is 0. The normalized spacial score (nSPS) is 10.5. The van der Waals surface area contributed by atoms with Gasteiger partial charge in [0, 0.05) is 0 Å². The Morgan fingerprint density at radius 1 is 0.938 bits per heavy atom. The molecular formula is C13H10N2O. The molecule has 2 aromatic rings. The van der Waals surface area contributed by atoms with Gasteiger partial charge in [0.15, 0.2) is 6.29 Å². The van der Waals surface area contributed by atoms with Crippen molar-refractivity contribution < 1.29 is 4.79 Å². The molecule has 1 heterocycles. The van der Waals surface area contributed by atoms with Gasteiger partial charge in [-0.2, -0.15) is 0 Å². The number of aromatic nitrogens is 1. The Balaban J connectivity index is 2.20. The molecule has 0 saturated heterocycles. The van der Waals surface area contributed by atoms with Crippen LogP contribution in [0.25, 0.3) is 0 Å². The summed E-state index contributed by atoms with van der Waals surface area (Å²) in [7, 11) is 0. The van der Waals surface area contributed by atoms with Crippen LogP contribution in [0, 0.1) is 0 Å². The number of pyridine rings is 1. The fraction of sp³-hybridized carbons (Fsp3) is 0. The topological polar surface area (TPSA) is 42.3 Å². The molecule has 2 rings (SSSR count). The minimum atomic E-state index is 0.414. The summed E-state index contributed by atoms with van der Waals surface area (Å²) in [5, 5.41) is 0. The fourth-order valence-electron chi connectivity index (χ4n) is 1.26. The predicted molar refractivity (Wildman–Crippen MR) is 63.3 cm³/mol. The number of para-hydroxylation sites is 1. The van der Waals surface area contributed by atoms with Crippen molar-refractivity contribution in [3.63, 3.8) is 0 Å². The summed E-state index contributed by atoms with van der Waals surface area (Å²) in [6, 6.07) is 14.8. The van der Waals surface area contributed by atoms with Crippen molar-refractivity contribution in [2.75, 3.05) is 0 Å². The Labute approximate surface area is 93.5 Å². The zero-order valence-corrected chi connectivity index (χ0v) is 8.58. The van der Waals surface area contributed by atoms with E-state index in [2.05, 4.69) is 9.98 Å². The van der Waals surface area contributed by atoms with Gasteiger partial charge in [0.25, 0.3) is 0 Å². The van der Waals surface area contributed by atoms with Crippen LogP contribution in [0.5, 0.6) is 0 Å². The van der Waals surface area contributed by atoms with E-state index in [-0.39, 0.29) is 0 Å². The van der Waals surface area contributed by atoms with Crippen molar-refractivity contribution in [3.8, 4) is 0 Å². The minimum absolute atomic E-state index is 0.414. The average Bonchev–Trinajstić information content (AvgIpc) is 2.38. The minimum Gasteiger partial charge on any atom is -0.296 e. The molecule has 0 atom stereocenters. The second-order valence-corrected chi connectivity index (χ2v) is 3.20. The molecule has 0 aliphatic heterocycles. The Bertz CT molecular complexity index is 506. The van der Waals surface area contributed by atoms with Crippen LogP contribution in [0.4, 0.5) is 5.69 Å². The Kier molecular flexibility index (Phi) is 3.18. The molecule has 0 saturated carbocycles. The van der Waals surface area contributed by atoms with Gasteiger partial charge in [0.2, 0.25) is 0 Å². The summed E-state index contributed by atoms with van der Waals surface area (Å²) in [5.74, 6) is 0. The summed E-state index contributed by atoms with van der Waals surface area (Å²) in [5.41, 5.74) is 1.95. The van der Waals surface area contributed by atoms with Crippen LogP contribution in [0.15, 0.2) is 53.5 Å². The first-order chi connectivity index (χ1) is 7.88. The summed E-state index contributed by atoms with van der Waals surface area (Å²) in [4.78, 5) is 18.9. The van der Waals surface area contributed by atoms with Gasteiger partial charge in [-0.1, -0.05) is 24.3 Å². The van der Waals surface area contributed by atoms with Crippen LogP contribution in [0.3, 0.4) is 0 Å². The molecule has 0 N–H and O–H groups in total. The molecule has 16 heavy (non-hydrogen) atoms. The van der Waals surface area contributed by atoms with Gasteiger partial charge in [0.1, 0.15) is 5.69 Å². The van der Waals surface area contributed by atoms with Gasteiger partial charge in [-0.3, -0.25) is 9.79 Å². The van der Waals surface area contributed by atoms with E-state index in [0.29, 0.717) is 11.4 Å². The number of carbonyl (C=O) groups excluding carboxylic acids is 1. The smallest absolute Gasteiger partial charge is 0.168 e. The van der Waals surface area contributed by atoms with Gasteiger partial charge >= 0.3 is 0 Å². The number of aldehydes is 1. The lowest BCUT2D eigenvalue weighted by Crippen LogP contribution is -1.91. The van der Waals surface area contributed by atoms with E-state index in [0.717, 1.165) is 12.0 Å². The number of benzene rings is 1. The second-order valence-electron chi connectivity index (χ2n) is 3.20. The van der Waals surface area contributed by atoms with Gasteiger partial charge in [-0.15, -0.1) is 0 Å². The third kappa shape index (κ3) is 2.60. The molecule has 0 unspecified atom stereocenters. The van der Waals surface area contributed by atoms with Crippen molar-refractivity contribution in [2.24, 2.45) is 4.99 Å². The Morgan fingerprint density at radius 2 is 1.69 bits per heavy atom. The van der Waals surface area contributed by atoms with Crippen molar-refractivity contribution in [1.82, 2.24) is 4.98 Å². The first-order valence-corrected chi connectivity index (χ1v) is 4.90. The summed E-state index contributed by atoms with van der Waals surface area (Å²) >= 11 is 0. The standard InChI is InChI=1S/C13H10N2O/c16-10-13-8-4-7-12(15-13)9-14-11-5-2-1-3-6-11/h1-10H. The zero-order chi connectivity index (χ0) is 11.2. The van der Waals surface area contributed by atoms with Crippen molar-refractivity contribution in [2.45, 2.75) is 0 Å². The molecule has 0 aliphatic carbocycles. The molecule has 0 amide bonds. The molecule has 1 aromatic carbocycles. The largest absolute Gasteiger partial charge is 0.296 e. The first kappa shape index (κ1) is 10.2. The molecule has 78 valence electrons. The summed E-state index contributed by atoms with van der Waals surface area (Å²) < 4.78 is 0. The number of rotatable bonds is 3.